The number of aliphatic hydroxyl groups is 1. The monoisotopic (exact) mass is 349 g/mol. The third-order valence-corrected chi connectivity index (χ3v) is 4.40. The molecule has 0 aromatic heterocycles. The van der Waals surface area contributed by atoms with Crippen molar-refractivity contribution in [2.24, 2.45) is 0 Å². The summed E-state index contributed by atoms with van der Waals surface area (Å²) in [6.07, 6.45) is 0.785. The number of aliphatic hydroxyl groups excluding tert-OH is 1. The summed E-state index contributed by atoms with van der Waals surface area (Å²) in [5.74, 6) is 0.162. The number of alkyl halides is 2. The lowest BCUT2D eigenvalue weighted by Crippen LogP contribution is -2.29. The van der Waals surface area contributed by atoms with Gasteiger partial charge in [0.15, 0.2) is 0 Å². The number of allylic oxidation sites excluding steroid dienone is 1. The topological polar surface area (TPSA) is 75.6 Å². The van der Waals surface area contributed by atoms with Crippen LogP contribution in [0.4, 0.5) is 8.78 Å². The Hall–Kier alpha value is -1.51. The Morgan fingerprint density at radius 1 is 1.35 bits per heavy atom. The first-order valence-electron chi connectivity index (χ1n) is 7.11. The molecule has 0 heterocycles. The molecule has 0 unspecified atom stereocenters. The van der Waals surface area contributed by atoms with Gasteiger partial charge in [0, 0.05) is 6.04 Å². The summed E-state index contributed by atoms with van der Waals surface area (Å²) in [6.45, 7) is 0.823. The summed E-state index contributed by atoms with van der Waals surface area (Å²) in [6, 6.07) is 5.85. The second-order valence-electron chi connectivity index (χ2n) is 4.88. The van der Waals surface area contributed by atoms with Crippen molar-refractivity contribution in [3.63, 3.8) is 0 Å². The zero-order chi connectivity index (χ0) is 17.3. The molecule has 1 aromatic carbocycles. The number of hydrogen-bond acceptors (Lipinski definition) is 4. The summed E-state index contributed by atoms with van der Waals surface area (Å²) in [7, 11) is -3.49. The molecule has 0 spiro atoms. The Balaban J connectivity index is 2.64. The van der Waals surface area contributed by atoms with E-state index in [0.29, 0.717) is 12.0 Å². The Kier molecular flexibility index (Phi) is 8.15. The number of halogens is 2. The maximum Gasteiger partial charge on any atom is 0.272 e. The Morgan fingerprint density at radius 2 is 2.09 bits per heavy atom. The molecular formula is C15H21F2NO4S. The summed E-state index contributed by atoms with van der Waals surface area (Å²) >= 11 is 0. The summed E-state index contributed by atoms with van der Waals surface area (Å²) in [5, 5.41) is 8.58. The highest BCUT2D eigenvalue weighted by Crippen LogP contribution is 2.20. The van der Waals surface area contributed by atoms with Crippen molar-refractivity contribution in [2.75, 3.05) is 19.0 Å². The van der Waals surface area contributed by atoms with E-state index in [1.54, 1.807) is 25.1 Å². The molecule has 1 atom stereocenters. The third-order valence-electron chi connectivity index (χ3n) is 2.92. The van der Waals surface area contributed by atoms with E-state index in [0.717, 1.165) is 0 Å². The van der Waals surface area contributed by atoms with Crippen molar-refractivity contribution in [2.45, 2.75) is 25.8 Å². The lowest BCUT2D eigenvalue weighted by molar-refractivity contribution is 0.0818. The Labute approximate surface area is 135 Å². The van der Waals surface area contributed by atoms with E-state index in [1.165, 1.54) is 18.2 Å². The van der Waals surface area contributed by atoms with Gasteiger partial charge in [-0.25, -0.2) is 21.9 Å². The highest BCUT2D eigenvalue weighted by Gasteiger charge is 2.15. The molecule has 2 N–H and O–H groups in total. The lowest BCUT2D eigenvalue weighted by Gasteiger charge is -2.15. The molecule has 0 amide bonds. The van der Waals surface area contributed by atoms with Crippen molar-refractivity contribution in [1.82, 2.24) is 4.72 Å². The fourth-order valence-electron chi connectivity index (χ4n) is 1.84. The van der Waals surface area contributed by atoms with Crippen molar-refractivity contribution in [3.8, 4) is 5.75 Å². The molecule has 0 saturated carbocycles. The van der Waals surface area contributed by atoms with Crippen LogP contribution in [0.3, 0.4) is 0 Å². The minimum Gasteiger partial charge on any atom is -0.488 e. The fraction of sp³-hybridized carbons (Fsp3) is 0.467. The number of hydrogen-bond donors (Lipinski definition) is 2. The van der Waals surface area contributed by atoms with E-state index in [1.807, 2.05) is 0 Å². The highest BCUT2D eigenvalue weighted by atomic mass is 32.2. The van der Waals surface area contributed by atoms with Crippen LogP contribution in [0.1, 0.15) is 24.9 Å². The van der Waals surface area contributed by atoms with E-state index in [-0.39, 0.29) is 18.1 Å². The second kappa shape index (κ2) is 9.59. The number of ether oxygens (including phenoxy) is 1. The largest absolute Gasteiger partial charge is 0.488 e. The number of benzene rings is 1. The Morgan fingerprint density at radius 3 is 2.74 bits per heavy atom. The summed E-state index contributed by atoms with van der Waals surface area (Å²) in [5.41, 5.74) is 0.617. The Bertz CT molecular complexity index is 605. The molecule has 0 radical (unpaired) electrons. The van der Waals surface area contributed by atoms with Crippen LogP contribution >= 0.6 is 0 Å². The first-order chi connectivity index (χ1) is 10.8. The normalized spacial score (nSPS) is 13.6. The number of rotatable bonds is 10. The van der Waals surface area contributed by atoms with Gasteiger partial charge in [0.25, 0.3) is 6.43 Å². The minimum atomic E-state index is -3.49. The zero-order valence-electron chi connectivity index (χ0n) is 12.8. The summed E-state index contributed by atoms with van der Waals surface area (Å²) < 4.78 is 55.6. The van der Waals surface area contributed by atoms with Crippen molar-refractivity contribution in [1.29, 1.82) is 0 Å². The van der Waals surface area contributed by atoms with Gasteiger partial charge in [-0.15, -0.1) is 0 Å². The van der Waals surface area contributed by atoms with Gasteiger partial charge in [0.2, 0.25) is 10.0 Å². The number of nitrogens with one attached hydrogen (secondary N) is 1. The second-order valence-corrected chi connectivity index (χ2v) is 6.75. The van der Waals surface area contributed by atoms with Crippen LogP contribution < -0.4 is 9.46 Å². The van der Waals surface area contributed by atoms with E-state index < -0.39 is 29.1 Å². The molecule has 1 aromatic rings. The molecule has 23 heavy (non-hydrogen) atoms. The molecule has 0 saturated heterocycles. The lowest BCUT2D eigenvalue weighted by atomic mass is 10.1. The summed E-state index contributed by atoms with van der Waals surface area (Å²) in [4.78, 5) is 0. The molecule has 8 heteroatoms. The van der Waals surface area contributed by atoms with Gasteiger partial charge in [-0.3, -0.25) is 0 Å². The standard InChI is InChI=1S/C15H21F2NO4S/c1-12(18-23(20,21)9-4-2-3-8-19)13-6-5-7-14(10-13)22-11-15(16)17/h2-3,5-7,10,12,15,18-19H,4,8-9,11H2,1H3/b3-2+/t12-/m1/s1. The fourth-order valence-corrected chi connectivity index (χ4v) is 3.08. The van der Waals surface area contributed by atoms with Crippen LogP contribution in [0.15, 0.2) is 36.4 Å². The maximum atomic E-state index is 12.1. The van der Waals surface area contributed by atoms with Crippen molar-refractivity contribution >= 4 is 10.0 Å². The van der Waals surface area contributed by atoms with Gasteiger partial charge in [-0.1, -0.05) is 24.3 Å². The predicted octanol–water partition coefficient (Wildman–Crippen LogP) is 2.25. The van der Waals surface area contributed by atoms with Gasteiger partial charge in [0.05, 0.1) is 12.4 Å². The van der Waals surface area contributed by atoms with Gasteiger partial charge >= 0.3 is 0 Å². The van der Waals surface area contributed by atoms with Gasteiger partial charge in [0.1, 0.15) is 12.4 Å². The van der Waals surface area contributed by atoms with Gasteiger partial charge < -0.3 is 9.84 Å². The van der Waals surface area contributed by atoms with Crippen LogP contribution in [-0.4, -0.2) is 38.9 Å². The van der Waals surface area contributed by atoms with Crippen molar-refractivity contribution < 1.29 is 27.0 Å². The molecule has 130 valence electrons. The van der Waals surface area contributed by atoms with Crippen molar-refractivity contribution in [3.05, 3.63) is 42.0 Å². The number of sulfonamides is 1. The van der Waals surface area contributed by atoms with Crippen LogP contribution in [0.5, 0.6) is 5.75 Å². The van der Waals surface area contributed by atoms with Crippen LogP contribution in [0.25, 0.3) is 0 Å². The first kappa shape index (κ1) is 19.5. The van der Waals surface area contributed by atoms with Crippen LogP contribution in [-0.2, 0) is 10.0 Å². The molecule has 0 aliphatic carbocycles. The predicted molar refractivity (Wildman–Crippen MR) is 84.1 cm³/mol. The van der Waals surface area contributed by atoms with Gasteiger partial charge in [-0.2, -0.15) is 0 Å². The van der Waals surface area contributed by atoms with E-state index in [4.69, 9.17) is 9.84 Å². The van der Waals surface area contributed by atoms with Crippen LogP contribution in [0.2, 0.25) is 0 Å². The average Bonchev–Trinajstić information content (AvgIpc) is 2.49. The maximum absolute atomic E-state index is 12.1. The first-order valence-corrected chi connectivity index (χ1v) is 8.76. The quantitative estimate of drug-likeness (QED) is 0.635. The van der Waals surface area contributed by atoms with Crippen LogP contribution in [0, 0.1) is 0 Å². The minimum absolute atomic E-state index is 0.102. The highest BCUT2D eigenvalue weighted by molar-refractivity contribution is 7.89. The van der Waals surface area contributed by atoms with Gasteiger partial charge in [-0.05, 0) is 31.0 Å². The molecule has 0 bridgehead atoms. The molecule has 0 aliphatic heterocycles. The van der Waals surface area contributed by atoms with E-state index in [2.05, 4.69) is 4.72 Å². The zero-order valence-corrected chi connectivity index (χ0v) is 13.6. The molecule has 0 fully saturated rings. The molecule has 5 nitrogen and oxygen atoms in total. The average molecular weight is 349 g/mol. The molecular weight excluding hydrogens is 328 g/mol. The van der Waals surface area contributed by atoms with E-state index >= 15 is 0 Å². The molecule has 1 rings (SSSR count). The van der Waals surface area contributed by atoms with E-state index in [9.17, 15) is 17.2 Å². The molecule has 0 aliphatic rings. The smallest absolute Gasteiger partial charge is 0.272 e. The third kappa shape index (κ3) is 8.06. The SMILES string of the molecule is C[C@@H](NS(=O)(=O)CC/C=C/CO)c1cccc(OCC(F)F)c1.